The van der Waals surface area contributed by atoms with E-state index in [9.17, 15) is 4.79 Å². The molecule has 6 rings (SSSR count). The number of amides is 1. The van der Waals surface area contributed by atoms with Gasteiger partial charge in [0.25, 0.3) is 0 Å². The van der Waals surface area contributed by atoms with Gasteiger partial charge in [0.05, 0.1) is 11.4 Å². The number of fused-ring (bicyclic) bond motifs is 1. The number of imidazole rings is 1. The fourth-order valence-corrected chi connectivity index (χ4v) is 4.68. The van der Waals surface area contributed by atoms with Crippen molar-refractivity contribution >= 4 is 22.9 Å². The van der Waals surface area contributed by atoms with Crippen LogP contribution in [-0.4, -0.2) is 56.9 Å². The molecule has 1 N–H and O–H groups in total. The van der Waals surface area contributed by atoms with Crippen molar-refractivity contribution in [2.45, 2.75) is 44.4 Å². The number of hydrogen-bond acceptors (Lipinski definition) is 6. The van der Waals surface area contributed by atoms with Gasteiger partial charge in [-0.3, -0.25) is 4.79 Å². The summed E-state index contributed by atoms with van der Waals surface area (Å²) < 4.78 is 5.60. The number of aromatic amines is 1. The lowest BCUT2D eigenvalue weighted by molar-refractivity contribution is -0.134. The van der Waals surface area contributed by atoms with Gasteiger partial charge in [-0.2, -0.15) is 0 Å². The predicted molar refractivity (Wildman–Crippen MR) is 112 cm³/mol. The molecule has 1 atom stereocenters. The molecule has 1 unspecified atom stereocenters. The molecule has 0 bridgehead atoms. The Morgan fingerprint density at radius 2 is 1.90 bits per heavy atom. The fourth-order valence-electron chi connectivity index (χ4n) is 4.68. The first-order valence-corrected chi connectivity index (χ1v) is 11.1. The van der Waals surface area contributed by atoms with Crippen LogP contribution < -0.4 is 4.90 Å². The van der Waals surface area contributed by atoms with E-state index < -0.39 is 0 Å². The molecule has 1 aliphatic carbocycles. The molecule has 3 fully saturated rings. The molecule has 1 amide bonds. The lowest BCUT2D eigenvalue weighted by atomic mass is 9.96. The fraction of sp³-hybridized carbons (Fsp3) is 0.545. The molecular formula is C22H26N6O2. The molecule has 30 heavy (non-hydrogen) atoms. The number of pyridine rings is 1. The summed E-state index contributed by atoms with van der Waals surface area (Å²) in [5, 5.41) is 0. The molecule has 1 saturated carbocycles. The minimum atomic E-state index is 0.0695. The van der Waals surface area contributed by atoms with Crippen molar-refractivity contribution in [3.05, 3.63) is 24.3 Å². The van der Waals surface area contributed by atoms with Gasteiger partial charge in [-0.25, -0.2) is 15.0 Å². The molecule has 2 saturated heterocycles. The Morgan fingerprint density at radius 3 is 2.73 bits per heavy atom. The Kier molecular flexibility index (Phi) is 4.24. The first-order valence-electron chi connectivity index (χ1n) is 11.1. The molecule has 8 nitrogen and oxygen atoms in total. The lowest BCUT2D eigenvalue weighted by Gasteiger charge is -2.34. The third kappa shape index (κ3) is 3.24. The highest BCUT2D eigenvalue weighted by molar-refractivity contribution is 5.80. The number of rotatable bonds is 4. The quantitative estimate of drug-likeness (QED) is 0.715. The highest BCUT2D eigenvalue weighted by Gasteiger charge is 2.31. The number of piperidine rings is 1. The molecule has 3 aliphatic rings. The van der Waals surface area contributed by atoms with E-state index in [1.54, 1.807) is 6.26 Å². The third-order valence-corrected chi connectivity index (χ3v) is 6.53. The number of aromatic nitrogens is 4. The zero-order valence-electron chi connectivity index (χ0n) is 17.0. The van der Waals surface area contributed by atoms with Gasteiger partial charge in [-0.15, -0.1) is 0 Å². The highest BCUT2D eigenvalue weighted by Crippen LogP contribution is 2.40. The van der Waals surface area contributed by atoms with E-state index in [0.717, 1.165) is 87.6 Å². The van der Waals surface area contributed by atoms with Crippen LogP contribution in [0.1, 0.15) is 50.3 Å². The summed E-state index contributed by atoms with van der Waals surface area (Å²) in [6.07, 6.45) is 8.23. The van der Waals surface area contributed by atoms with E-state index >= 15 is 0 Å². The Labute approximate surface area is 174 Å². The van der Waals surface area contributed by atoms with Gasteiger partial charge < -0.3 is 19.2 Å². The maximum Gasteiger partial charge on any atom is 0.227 e. The monoisotopic (exact) mass is 406 g/mol. The third-order valence-electron chi connectivity index (χ3n) is 6.53. The largest absolute Gasteiger partial charge is 0.448 e. The van der Waals surface area contributed by atoms with Crippen LogP contribution in [0.15, 0.2) is 22.8 Å². The molecule has 3 aromatic rings. The smallest absolute Gasteiger partial charge is 0.227 e. The second kappa shape index (κ2) is 7.11. The van der Waals surface area contributed by atoms with Crippen molar-refractivity contribution in [3.63, 3.8) is 0 Å². The average Bonchev–Trinajstić information content (AvgIpc) is 3.19. The van der Waals surface area contributed by atoms with Crippen LogP contribution in [0, 0.1) is 5.92 Å². The Morgan fingerprint density at radius 1 is 1.03 bits per heavy atom. The molecule has 156 valence electrons. The van der Waals surface area contributed by atoms with Gasteiger partial charge in [0, 0.05) is 32.1 Å². The zero-order valence-corrected chi connectivity index (χ0v) is 17.0. The Hall–Kier alpha value is -2.90. The van der Waals surface area contributed by atoms with Crippen molar-refractivity contribution in [2.24, 2.45) is 5.92 Å². The maximum absolute atomic E-state index is 12.8. The van der Waals surface area contributed by atoms with E-state index in [2.05, 4.69) is 19.9 Å². The second-order valence-electron chi connectivity index (χ2n) is 8.79. The summed E-state index contributed by atoms with van der Waals surface area (Å²) in [4.78, 5) is 34.5. The van der Waals surface area contributed by atoms with Crippen LogP contribution in [-0.2, 0) is 4.79 Å². The first-order chi connectivity index (χ1) is 14.7. The molecular weight excluding hydrogens is 380 g/mol. The van der Waals surface area contributed by atoms with Crippen molar-refractivity contribution in [2.75, 3.05) is 31.1 Å². The average molecular weight is 406 g/mol. The van der Waals surface area contributed by atoms with E-state index in [0.29, 0.717) is 23.3 Å². The summed E-state index contributed by atoms with van der Waals surface area (Å²) in [5.41, 5.74) is 2.28. The number of hydrogen-bond donors (Lipinski definition) is 1. The number of likely N-dealkylation sites (tertiary alicyclic amines) is 1. The van der Waals surface area contributed by atoms with Crippen LogP contribution >= 0.6 is 0 Å². The van der Waals surface area contributed by atoms with E-state index in [-0.39, 0.29) is 5.92 Å². The molecule has 5 heterocycles. The first kappa shape index (κ1) is 17.9. The lowest BCUT2D eigenvalue weighted by Crippen LogP contribution is -2.44. The second-order valence-corrected chi connectivity index (χ2v) is 8.79. The number of nitrogens with zero attached hydrogens (tertiary/aromatic N) is 5. The number of H-pyrrole nitrogens is 1. The van der Waals surface area contributed by atoms with Gasteiger partial charge in [-0.05, 0) is 50.7 Å². The van der Waals surface area contributed by atoms with E-state index in [4.69, 9.17) is 9.40 Å². The highest BCUT2D eigenvalue weighted by atomic mass is 16.3. The minimum absolute atomic E-state index is 0.0695. The zero-order chi connectivity index (χ0) is 20.1. The molecule has 0 aromatic carbocycles. The minimum Gasteiger partial charge on any atom is -0.448 e. The molecule has 3 aromatic heterocycles. The van der Waals surface area contributed by atoms with Gasteiger partial charge in [0.2, 0.25) is 5.91 Å². The van der Waals surface area contributed by atoms with Gasteiger partial charge >= 0.3 is 0 Å². The molecule has 2 aliphatic heterocycles. The summed E-state index contributed by atoms with van der Waals surface area (Å²) in [6.45, 7) is 3.49. The van der Waals surface area contributed by atoms with Gasteiger partial charge in [0.15, 0.2) is 17.4 Å². The van der Waals surface area contributed by atoms with Crippen LogP contribution in [0.5, 0.6) is 0 Å². The van der Waals surface area contributed by atoms with E-state index in [1.165, 1.54) is 0 Å². The van der Waals surface area contributed by atoms with Crippen molar-refractivity contribution in [3.8, 4) is 11.5 Å². The predicted octanol–water partition coefficient (Wildman–Crippen LogP) is 3.33. The number of carbonyl (C=O) groups excluding carboxylic acids is 1. The van der Waals surface area contributed by atoms with Crippen LogP contribution in [0.2, 0.25) is 0 Å². The van der Waals surface area contributed by atoms with Crippen molar-refractivity contribution in [1.29, 1.82) is 0 Å². The van der Waals surface area contributed by atoms with Gasteiger partial charge in [-0.1, -0.05) is 0 Å². The maximum atomic E-state index is 12.8. The Bertz CT molecular complexity index is 1080. The SMILES string of the molecule is O=C(C1CCCN(c2ccc3[nH]c(-c4coc(C5CC5)n4)nc3n2)C1)N1CCCC1. The molecule has 8 heteroatoms. The normalized spacial score (nSPS) is 22.2. The van der Waals surface area contributed by atoms with Crippen LogP contribution in [0.3, 0.4) is 0 Å². The number of anilines is 1. The number of carbonyl (C=O) groups is 1. The summed E-state index contributed by atoms with van der Waals surface area (Å²) in [7, 11) is 0. The van der Waals surface area contributed by atoms with Crippen LogP contribution in [0.4, 0.5) is 5.82 Å². The topological polar surface area (TPSA) is 91.2 Å². The summed E-state index contributed by atoms with van der Waals surface area (Å²) >= 11 is 0. The number of nitrogens with one attached hydrogen (secondary N) is 1. The standard InChI is InChI=1S/C22H26N6O2/c29-22(27-9-1-2-10-27)15-4-3-11-28(12-15)18-8-7-16-19(25-18)26-20(23-16)17-13-30-21(24-17)14-5-6-14/h7-8,13-15H,1-6,9-12H2,(H,23,25,26). The number of oxazole rings is 1. The van der Waals surface area contributed by atoms with Gasteiger partial charge in [0.1, 0.15) is 17.8 Å². The summed E-state index contributed by atoms with van der Waals surface area (Å²) in [6, 6.07) is 4.04. The van der Waals surface area contributed by atoms with E-state index in [1.807, 2.05) is 17.0 Å². The Balaban J connectivity index is 1.22. The van der Waals surface area contributed by atoms with Crippen molar-refractivity contribution < 1.29 is 9.21 Å². The van der Waals surface area contributed by atoms with Crippen LogP contribution in [0.25, 0.3) is 22.7 Å². The summed E-state index contributed by atoms with van der Waals surface area (Å²) in [5.74, 6) is 3.24. The molecule has 0 spiro atoms. The molecule has 0 radical (unpaired) electrons. The van der Waals surface area contributed by atoms with Crippen molar-refractivity contribution in [1.82, 2.24) is 24.8 Å².